The van der Waals surface area contributed by atoms with Gasteiger partial charge in [0.1, 0.15) is 24.9 Å². The summed E-state index contributed by atoms with van der Waals surface area (Å²) in [5, 5.41) is 11.9. The number of guanidine groups is 1. The molecule has 3 rings (SSSR count). The Hall–Kier alpha value is -5.33. The molecule has 0 radical (unpaired) electrons. The second kappa shape index (κ2) is 16.1. The summed E-state index contributed by atoms with van der Waals surface area (Å²) in [6.45, 7) is -0.502. The third-order valence-corrected chi connectivity index (χ3v) is 5.96. The number of carbonyl (C=O) groups excluding carboxylic acids is 4. The van der Waals surface area contributed by atoms with Crippen molar-refractivity contribution in [3.8, 4) is 5.75 Å². The molecule has 0 aliphatic heterocycles. The van der Waals surface area contributed by atoms with E-state index in [9.17, 15) is 19.2 Å². The molecule has 0 aliphatic carbocycles. The Labute approximate surface area is 243 Å². The Bertz CT molecular complexity index is 1410. The van der Waals surface area contributed by atoms with Crippen molar-refractivity contribution in [2.24, 2.45) is 16.5 Å². The number of alkyl carbamates (subject to hydrolysis) is 1. The van der Waals surface area contributed by atoms with E-state index in [0.29, 0.717) is 17.9 Å². The molecular formula is C29H35N7O6. The number of methoxy groups -OCH3 is 1. The summed E-state index contributed by atoms with van der Waals surface area (Å²) in [5.41, 5.74) is 12.0. The van der Waals surface area contributed by atoms with E-state index < -0.39 is 42.9 Å². The number of hydrogen-bond donors (Lipinski definition) is 6. The number of aliphatic imine (C=N–C) groups is 1. The molecule has 222 valence electrons. The van der Waals surface area contributed by atoms with Crippen molar-refractivity contribution in [3.63, 3.8) is 0 Å². The van der Waals surface area contributed by atoms with Gasteiger partial charge in [0, 0.05) is 23.7 Å². The van der Waals surface area contributed by atoms with E-state index in [2.05, 4.69) is 26.3 Å². The first kappa shape index (κ1) is 31.2. The molecule has 0 bridgehead atoms. The van der Waals surface area contributed by atoms with Crippen molar-refractivity contribution in [1.82, 2.24) is 16.0 Å². The number of hydrogen-bond acceptors (Lipinski definition) is 7. The monoisotopic (exact) mass is 577 g/mol. The average Bonchev–Trinajstić information content (AvgIpc) is 2.99. The maximum absolute atomic E-state index is 13.2. The van der Waals surface area contributed by atoms with Gasteiger partial charge in [0.15, 0.2) is 5.96 Å². The Morgan fingerprint density at radius 3 is 2.36 bits per heavy atom. The van der Waals surface area contributed by atoms with Crippen LogP contribution in [-0.4, -0.2) is 62.6 Å². The third kappa shape index (κ3) is 10.3. The Morgan fingerprint density at radius 1 is 0.905 bits per heavy atom. The van der Waals surface area contributed by atoms with Gasteiger partial charge < -0.3 is 42.2 Å². The first-order valence-corrected chi connectivity index (χ1v) is 13.2. The van der Waals surface area contributed by atoms with Crippen LogP contribution in [0.3, 0.4) is 0 Å². The zero-order valence-electron chi connectivity index (χ0n) is 23.2. The van der Waals surface area contributed by atoms with Crippen LogP contribution in [-0.2, 0) is 25.7 Å². The summed E-state index contributed by atoms with van der Waals surface area (Å²) < 4.78 is 10.5. The maximum atomic E-state index is 13.2. The second-order valence-electron chi connectivity index (χ2n) is 9.15. The lowest BCUT2D eigenvalue weighted by atomic mass is 10.1. The molecule has 4 amide bonds. The largest absolute Gasteiger partial charge is 0.496 e. The molecule has 0 saturated carbocycles. The number of ether oxygens (including phenoxy) is 2. The Morgan fingerprint density at radius 2 is 1.62 bits per heavy atom. The van der Waals surface area contributed by atoms with E-state index in [1.165, 1.54) is 7.11 Å². The lowest BCUT2D eigenvalue weighted by Gasteiger charge is -2.19. The summed E-state index contributed by atoms with van der Waals surface area (Å²) in [7, 11) is 1.54. The number of nitrogens with two attached hydrogens (primary N) is 2. The van der Waals surface area contributed by atoms with Crippen molar-refractivity contribution in [2.75, 3.05) is 32.1 Å². The van der Waals surface area contributed by atoms with Gasteiger partial charge in [0.2, 0.25) is 17.7 Å². The minimum Gasteiger partial charge on any atom is -0.496 e. The lowest BCUT2D eigenvalue weighted by molar-refractivity contribution is -0.128. The van der Waals surface area contributed by atoms with Crippen LogP contribution in [0, 0.1) is 0 Å². The third-order valence-electron chi connectivity index (χ3n) is 5.96. The highest BCUT2D eigenvalue weighted by atomic mass is 16.5. The number of benzene rings is 3. The normalized spacial score (nSPS) is 11.1. The molecule has 8 N–H and O–H groups in total. The summed E-state index contributed by atoms with van der Waals surface area (Å²) in [4.78, 5) is 53.7. The van der Waals surface area contributed by atoms with E-state index >= 15 is 0 Å². The van der Waals surface area contributed by atoms with E-state index in [-0.39, 0.29) is 25.5 Å². The Kier molecular flexibility index (Phi) is 11.9. The molecule has 42 heavy (non-hydrogen) atoms. The SMILES string of the molecule is COc1cc(NC(=O)C(CCCN=C(N)N)NC(=O)CNC(=O)CNC(=O)OCc2ccccc2)cc2ccccc12. The lowest BCUT2D eigenvalue weighted by Crippen LogP contribution is -2.48. The zero-order chi connectivity index (χ0) is 30.3. The van der Waals surface area contributed by atoms with Crippen molar-refractivity contribution < 1.29 is 28.7 Å². The van der Waals surface area contributed by atoms with Gasteiger partial charge in [-0.05, 0) is 29.9 Å². The number of fused-ring (bicyclic) bond motifs is 1. The highest BCUT2D eigenvalue weighted by molar-refractivity contribution is 6.00. The molecule has 13 nitrogen and oxygen atoms in total. The van der Waals surface area contributed by atoms with Crippen LogP contribution < -0.4 is 37.5 Å². The molecule has 1 atom stereocenters. The van der Waals surface area contributed by atoms with Crippen LogP contribution >= 0.6 is 0 Å². The first-order chi connectivity index (χ1) is 20.2. The fourth-order valence-electron chi connectivity index (χ4n) is 3.93. The van der Waals surface area contributed by atoms with Gasteiger partial charge in [-0.15, -0.1) is 0 Å². The summed E-state index contributed by atoms with van der Waals surface area (Å²) in [6, 6.07) is 19.2. The van der Waals surface area contributed by atoms with Gasteiger partial charge in [-0.3, -0.25) is 19.4 Å². The van der Waals surface area contributed by atoms with E-state index in [4.69, 9.17) is 20.9 Å². The first-order valence-electron chi connectivity index (χ1n) is 13.2. The molecule has 3 aromatic carbocycles. The molecule has 1 unspecified atom stereocenters. The molecule has 0 spiro atoms. The van der Waals surface area contributed by atoms with E-state index in [1.807, 2.05) is 42.5 Å². The van der Waals surface area contributed by atoms with Crippen LogP contribution in [0.5, 0.6) is 5.75 Å². The van der Waals surface area contributed by atoms with E-state index in [0.717, 1.165) is 16.3 Å². The summed E-state index contributed by atoms with van der Waals surface area (Å²) in [5.74, 6) is -1.19. The molecule has 0 saturated heterocycles. The maximum Gasteiger partial charge on any atom is 0.407 e. The quantitative estimate of drug-likeness (QED) is 0.0937. The van der Waals surface area contributed by atoms with E-state index in [1.54, 1.807) is 24.3 Å². The predicted octanol–water partition coefficient (Wildman–Crippen LogP) is 1.37. The van der Waals surface area contributed by atoms with Crippen LogP contribution in [0.4, 0.5) is 10.5 Å². The molecule has 0 aliphatic rings. The molecule has 13 heteroatoms. The standard InChI is InChI=1S/C29H35N7O6/c1-41-24-15-21(14-20-10-5-6-11-22(20)24)35-27(39)23(12-7-13-32-28(30)31)36-26(38)17-33-25(37)16-34-29(40)42-18-19-8-3-2-4-9-19/h2-6,8-11,14-15,23H,7,12-13,16-18H2,1H3,(H,33,37)(H,34,40)(H,35,39)(H,36,38)(H4,30,31,32). The number of nitrogens with one attached hydrogen (secondary N) is 4. The van der Waals surface area contributed by atoms with Crippen LogP contribution in [0.2, 0.25) is 0 Å². The van der Waals surface area contributed by atoms with Crippen molar-refractivity contribution in [3.05, 3.63) is 72.3 Å². The van der Waals surface area contributed by atoms with Crippen molar-refractivity contribution in [1.29, 1.82) is 0 Å². The van der Waals surface area contributed by atoms with Crippen molar-refractivity contribution >= 4 is 46.2 Å². The van der Waals surface area contributed by atoms with Gasteiger partial charge in [-0.2, -0.15) is 0 Å². The smallest absolute Gasteiger partial charge is 0.407 e. The number of rotatable bonds is 14. The van der Waals surface area contributed by atoms with Crippen LogP contribution in [0.25, 0.3) is 10.8 Å². The highest BCUT2D eigenvalue weighted by Gasteiger charge is 2.21. The average molecular weight is 578 g/mol. The Balaban J connectivity index is 1.53. The fourth-order valence-corrected chi connectivity index (χ4v) is 3.93. The van der Waals surface area contributed by atoms with Crippen LogP contribution in [0.15, 0.2) is 71.7 Å². The molecule has 0 heterocycles. The zero-order valence-corrected chi connectivity index (χ0v) is 23.2. The second-order valence-corrected chi connectivity index (χ2v) is 9.15. The molecular weight excluding hydrogens is 542 g/mol. The minimum absolute atomic E-state index is 0.0509. The van der Waals surface area contributed by atoms with Gasteiger partial charge in [-0.25, -0.2) is 4.79 Å². The molecule has 3 aromatic rings. The van der Waals surface area contributed by atoms with Gasteiger partial charge in [-0.1, -0.05) is 54.6 Å². The number of amides is 4. The number of anilines is 1. The highest BCUT2D eigenvalue weighted by Crippen LogP contribution is 2.29. The predicted molar refractivity (Wildman–Crippen MR) is 159 cm³/mol. The number of nitrogens with zero attached hydrogens (tertiary/aromatic N) is 1. The molecule has 0 fully saturated rings. The topological polar surface area (TPSA) is 199 Å². The van der Waals surface area contributed by atoms with Gasteiger partial charge >= 0.3 is 6.09 Å². The van der Waals surface area contributed by atoms with Gasteiger partial charge in [0.05, 0.1) is 13.7 Å². The number of carbonyl (C=O) groups is 4. The molecule has 0 aromatic heterocycles. The van der Waals surface area contributed by atoms with Gasteiger partial charge in [0.25, 0.3) is 0 Å². The summed E-state index contributed by atoms with van der Waals surface area (Å²) >= 11 is 0. The fraction of sp³-hybridized carbons (Fsp3) is 0.276. The minimum atomic E-state index is -0.952. The summed E-state index contributed by atoms with van der Waals surface area (Å²) in [6.07, 6.45) is -0.151. The van der Waals surface area contributed by atoms with Crippen LogP contribution in [0.1, 0.15) is 18.4 Å². The van der Waals surface area contributed by atoms with Crippen molar-refractivity contribution in [2.45, 2.75) is 25.5 Å².